The van der Waals surface area contributed by atoms with Gasteiger partial charge in [-0.15, -0.1) is 0 Å². The standard InChI is InChI=1S/C15H12N2O2/c1-19-14-8-3-2-7-13(14)15-16-9-11-5-4-6-12(10-18)17(11)15/h2-10H,1H3. The summed E-state index contributed by atoms with van der Waals surface area (Å²) >= 11 is 0. The number of carbonyl (C=O) groups excluding carboxylic acids is 1. The number of benzene rings is 1. The zero-order chi connectivity index (χ0) is 13.2. The maximum atomic E-state index is 11.2. The molecule has 0 unspecified atom stereocenters. The Morgan fingerprint density at radius 2 is 2.00 bits per heavy atom. The molecule has 4 nitrogen and oxygen atoms in total. The van der Waals surface area contributed by atoms with Crippen LogP contribution in [-0.4, -0.2) is 22.8 Å². The van der Waals surface area contributed by atoms with Crippen molar-refractivity contribution in [3.05, 3.63) is 54.4 Å². The first kappa shape index (κ1) is 11.5. The lowest BCUT2D eigenvalue weighted by molar-refractivity contribution is 0.111. The van der Waals surface area contributed by atoms with E-state index in [1.165, 1.54) is 0 Å². The van der Waals surface area contributed by atoms with Crippen molar-refractivity contribution in [1.29, 1.82) is 0 Å². The topological polar surface area (TPSA) is 43.6 Å². The van der Waals surface area contributed by atoms with Gasteiger partial charge >= 0.3 is 0 Å². The average Bonchev–Trinajstić information content (AvgIpc) is 2.91. The fraction of sp³-hybridized carbons (Fsp3) is 0.0667. The van der Waals surface area contributed by atoms with E-state index < -0.39 is 0 Å². The molecule has 19 heavy (non-hydrogen) atoms. The Hall–Kier alpha value is -2.62. The van der Waals surface area contributed by atoms with Crippen molar-refractivity contribution in [3.63, 3.8) is 0 Å². The van der Waals surface area contributed by atoms with Crippen molar-refractivity contribution in [3.8, 4) is 17.1 Å². The number of hydrogen-bond acceptors (Lipinski definition) is 3. The van der Waals surface area contributed by atoms with E-state index in [0.29, 0.717) is 11.5 Å². The number of fused-ring (bicyclic) bond motifs is 1. The van der Waals surface area contributed by atoms with Crippen LogP contribution in [0.4, 0.5) is 0 Å². The monoisotopic (exact) mass is 252 g/mol. The number of para-hydroxylation sites is 1. The summed E-state index contributed by atoms with van der Waals surface area (Å²) in [4.78, 5) is 15.6. The highest BCUT2D eigenvalue weighted by Crippen LogP contribution is 2.29. The lowest BCUT2D eigenvalue weighted by Gasteiger charge is -2.08. The molecule has 2 heterocycles. The highest BCUT2D eigenvalue weighted by Gasteiger charge is 2.13. The molecule has 0 aliphatic heterocycles. The number of methoxy groups -OCH3 is 1. The molecule has 2 aromatic heterocycles. The van der Waals surface area contributed by atoms with Crippen molar-refractivity contribution >= 4 is 11.8 Å². The Morgan fingerprint density at radius 3 is 2.79 bits per heavy atom. The van der Waals surface area contributed by atoms with Crippen LogP contribution in [0, 0.1) is 0 Å². The molecule has 4 heteroatoms. The fourth-order valence-corrected chi connectivity index (χ4v) is 2.19. The Labute approximate surface area is 110 Å². The first-order valence-electron chi connectivity index (χ1n) is 5.90. The smallest absolute Gasteiger partial charge is 0.166 e. The van der Waals surface area contributed by atoms with E-state index in [1.54, 1.807) is 19.4 Å². The van der Waals surface area contributed by atoms with Crippen LogP contribution in [0.15, 0.2) is 48.7 Å². The first-order valence-corrected chi connectivity index (χ1v) is 5.90. The molecule has 0 spiro atoms. The molecule has 1 aromatic carbocycles. The van der Waals surface area contributed by atoms with E-state index in [1.807, 2.05) is 40.8 Å². The average molecular weight is 252 g/mol. The van der Waals surface area contributed by atoms with Gasteiger partial charge < -0.3 is 4.74 Å². The summed E-state index contributed by atoms with van der Waals surface area (Å²) in [6.07, 6.45) is 2.57. The molecule has 0 atom stereocenters. The van der Waals surface area contributed by atoms with Crippen LogP contribution in [0.5, 0.6) is 5.75 Å². The summed E-state index contributed by atoms with van der Waals surface area (Å²) in [6.45, 7) is 0. The SMILES string of the molecule is COc1ccccc1-c1ncc2cccc(C=O)n12. The maximum absolute atomic E-state index is 11.2. The van der Waals surface area contributed by atoms with Crippen molar-refractivity contribution in [2.75, 3.05) is 7.11 Å². The molecule has 3 aromatic rings. The predicted octanol–water partition coefficient (Wildman–Crippen LogP) is 2.82. The fourth-order valence-electron chi connectivity index (χ4n) is 2.19. The van der Waals surface area contributed by atoms with Crippen molar-refractivity contribution in [1.82, 2.24) is 9.38 Å². The van der Waals surface area contributed by atoms with Crippen LogP contribution in [0.25, 0.3) is 16.9 Å². The number of imidazole rings is 1. The highest BCUT2D eigenvalue weighted by atomic mass is 16.5. The summed E-state index contributed by atoms with van der Waals surface area (Å²) in [5.41, 5.74) is 2.31. The van der Waals surface area contributed by atoms with Crippen LogP contribution in [0.2, 0.25) is 0 Å². The minimum absolute atomic E-state index is 0.566. The van der Waals surface area contributed by atoms with E-state index in [4.69, 9.17) is 4.74 Å². The first-order chi connectivity index (χ1) is 9.35. The van der Waals surface area contributed by atoms with E-state index >= 15 is 0 Å². The Bertz CT molecular complexity index is 747. The van der Waals surface area contributed by atoms with Crippen LogP contribution < -0.4 is 4.74 Å². The molecule has 0 aliphatic carbocycles. The number of nitrogens with zero attached hydrogens (tertiary/aromatic N) is 2. The van der Waals surface area contributed by atoms with Crippen molar-refractivity contribution in [2.45, 2.75) is 0 Å². The van der Waals surface area contributed by atoms with Crippen LogP contribution in [0.1, 0.15) is 10.5 Å². The minimum Gasteiger partial charge on any atom is -0.496 e. The molecule has 0 aliphatic rings. The minimum atomic E-state index is 0.566. The zero-order valence-electron chi connectivity index (χ0n) is 10.4. The number of carbonyl (C=O) groups is 1. The quantitative estimate of drug-likeness (QED) is 0.673. The summed E-state index contributed by atoms with van der Waals surface area (Å²) in [6, 6.07) is 13.1. The van der Waals surface area contributed by atoms with Gasteiger partial charge in [0.25, 0.3) is 0 Å². The lowest BCUT2D eigenvalue weighted by atomic mass is 10.2. The number of ether oxygens (including phenoxy) is 1. The van der Waals surface area contributed by atoms with Crippen LogP contribution in [-0.2, 0) is 0 Å². The van der Waals surface area contributed by atoms with E-state index in [2.05, 4.69) is 4.98 Å². The predicted molar refractivity (Wildman–Crippen MR) is 72.6 cm³/mol. The summed E-state index contributed by atoms with van der Waals surface area (Å²) < 4.78 is 7.17. The van der Waals surface area contributed by atoms with Gasteiger partial charge in [-0.3, -0.25) is 9.20 Å². The number of rotatable bonds is 3. The molecule has 0 amide bonds. The third kappa shape index (κ3) is 1.78. The number of aromatic nitrogens is 2. The normalized spacial score (nSPS) is 10.6. The number of pyridine rings is 1. The van der Waals surface area contributed by atoms with Gasteiger partial charge in [-0.05, 0) is 24.3 Å². The molecular weight excluding hydrogens is 240 g/mol. The second-order valence-electron chi connectivity index (χ2n) is 4.11. The van der Waals surface area contributed by atoms with E-state index in [-0.39, 0.29) is 0 Å². The number of aldehydes is 1. The third-order valence-electron chi connectivity index (χ3n) is 3.05. The molecule has 0 saturated heterocycles. The van der Waals surface area contributed by atoms with E-state index in [9.17, 15) is 4.79 Å². The van der Waals surface area contributed by atoms with Crippen LogP contribution in [0.3, 0.4) is 0 Å². The Kier molecular flexibility index (Phi) is 2.76. The van der Waals surface area contributed by atoms with Gasteiger partial charge in [0.05, 0.1) is 30.1 Å². The summed E-state index contributed by atoms with van der Waals surface area (Å²) in [5, 5.41) is 0. The molecule has 0 radical (unpaired) electrons. The summed E-state index contributed by atoms with van der Waals surface area (Å²) in [5.74, 6) is 1.44. The highest BCUT2D eigenvalue weighted by molar-refractivity contribution is 5.78. The van der Waals surface area contributed by atoms with E-state index in [0.717, 1.165) is 23.1 Å². The zero-order valence-corrected chi connectivity index (χ0v) is 10.4. The molecule has 0 N–H and O–H groups in total. The summed E-state index contributed by atoms with van der Waals surface area (Å²) in [7, 11) is 1.62. The van der Waals surface area contributed by atoms with Gasteiger partial charge in [0.2, 0.25) is 0 Å². The maximum Gasteiger partial charge on any atom is 0.166 e. The van der Waals surface area contributed by atoms with Gasteiger partial charge in [0, 0.05) is 0 Å². The molecule has 0 bridgehead atoms. The van der Waals surface area contributed by atoms with Gasteiger partial charge in [-0.2, -0.15) is 0 Å². The lowest BCUT2D eigenvalue weighted by Crippen LogP contribution is -1.98. The molecule has 3 rings (SSSR count). The Balaban J connectivity index is 2.34. The van der Waals surface area contributed by atoms with Crippen LogP contribution >= 0.6 is 0 Å². The van der Waals surface area contributed by atoms with Gasteiger partial charge in [0.1, 0.15) is 11.6 Å². The second kappa shape index (κ2) is 4.57. The molecule has 94 valence electrons. The largest absolute Gasteiger partial charge is 0.496 e. The number of hydrogen-bond donors (Lipinski definition) is 0. The van der Waals surface area contributed by atoms with Gasteiger partial charge in [-0.1, -0.05) is 18.2 Å². The van der Waals surface area contributed by atoms with Crippen molar-refractivity contribution in [2.24, 2.45) is 0 Å². The molecular formula is C15H12N2O2. The molecule has 0 saturated carbocycles. The Morgan fingerprint density at radius 1 is 1.16 bits per heavy atom. The van der Waals surface area contributed by atoms with Gasteiger partial charge in [0.15, 0.2) is 6.29 Å². The van der Waals surface area contributed by atoms with Crippen molar-refractivity contribution < 1.29 is 9.53 Å². The van der Waals surface area contributed by atoms with Gasteiger partial charge in [-0.25, -0.2) is 4.98 Å². The second-order valence-corrected chi connectivity index (χ2v) is 4.11. The third-order valence-corrected chi connectivity index (χ3v) is 3.05. The molecule has 0 fully saturated rings.